The van der Waals surface area contributed by atoms with Crippen molar-refractivity contribution in [3.05, 3.63) is 59.9 Å². The summed E-state index contributed by atoms with van der Waals surface area (Å²) in [7, 11) is 3.61. The Hall–Kier alpha value is -3.09. The molecule has 3 aromatic rings. The van der Waals surface area contributed by atoms with Gasteiger partial charge in [0.1, 0.15) is 12.2 Å². The molecular weight excluding hydrogens is 316 g/mol. The number of rotatable bonds is 4. The molecule has 128 valence electrons. The predicted molar refractivity (Wildman–Crippen MR) is 93.7 cm³/mol. The smallest absolute Gasteiger partial charge is 0.254 e. The Morgan fingerprint density at radius 2 is 2.08 bits per heavy atom. The van der Waals surface area contributed by atoms with Gasteiger partial charge in [-0.3, -0.25) is 9.48 Å². The van der Waals surface area contributed by atoms with Crippen LogP contribution < -0.4 is 0 Å². The van der Waals surface area contributed by atoms with Gasteiger partial charge in [0.25, 0.3) is 5.91 Å². The largest absolute Gasteiger partial charge is 0.333 e. The van der Waals surface area contributed by atoms with Gasteiger partial charge in [0.2, 0.25) is 0 Å². The molecule has 0 aliphatic carbocycles. The molecule has 7 nitrogen and oxygen atoms in total. The molecule has 3 rings (SSSR count). The monoisotopic (exact) mass is 336 g/mol. The summed E-state index contributed by atoms with van der Waals surface area (Å²) in [5, 5.41) is 4.37. The summed E-state index contributed by atoms with van der Waals surface area (Å²) in [5.41, 5.74) is 2.20. The molecule has 2 aromatic heterocycles. The van der Waals surface area contributed by atoms with Gasteiger partial charge in [-0.1, -0.05) is 12.1 Å². The van der Waals surface area contributed by atoms with Crippen LogP contribution in [0.15, 0.2) is 42.9 Å². The van der Waals surface area contributed by atoms with Crippen molar-refractivity contribution in [2.45, 2.75) is 19.9 Å². The highest BCUT2D eigenvalue weighted by molar-refractivity contribution is 5.95. The van der Waals surface area contributed by atoms with Crippen LogP contribution >= 0.6 is 0 Å². The van der Waals surface area contributed by atoms with Crippen LogP contribution in [0, 0.1) is 6.92 Å². The molecule has 1 aromatic carbocycles. The topological polar surface area (TPSA) is 76.8 Å². The lowest BCUT2D eigenvalue weighted by Gasteiger charge is -2.24. The molecule has 1 amide bonds. The molecule has 0 unspecified atom stereocenters. The molecular formula is C18H20N6O. The van der Waals surface area contributed by atoms with Crippen LogP contribution in [0.5, 0.6) is 0 Å². The first kappa shape index (κ1) is 16.8. The minimum Gasteiger partial charge on any atom is -0.333 e. The Balaban J connectivity index is 1.86. The van der Waals surface area contributed by atoms with Crippen LogP contribution in [0.1, 0.15) is 34.8 Å². The van der Waals surface area contributed by atoms with Crippen molar-refractivity contribution in [3.63, 3.8) is 0 Å². The maximum atomic E-state index is 12.9. The average molecular weight is 336 g/mol. The van der Waals surface area contributed by atoms with E-state index in [-0.39, 0.29) is 11.9 Å². The van der Waals surface area contributed by atoms with Gasteiger partial charge in [0.05, 0.1) is 11.7 Å². The molecule has 0 fully saturated rings. The minimum atomic E-state index is -0.158. The second kappa shape index (κ2) is 6.80. The van der Waals surface area contributed by atoms with E-state index in [1.165, 1.54) is 6.33 Å². The number of carbonyl (C=O) groups is 1. The average Bonchev–Trinajstić information content (AvgIpc) is 2.99. The summed E-state index contributed by atoms with van der Waals surface area (Å²) in [6, 6.07) is 9.02. The van der Waals surface area contributed by atoms with Crippen LogP contribution in [-0.4, -0.2) is 42.6 Å². The molecule has 0 bridgehead atoms. The maximum Gasteiger partial charge on any atom is 0.254 e. The number of benzene rings is 1. The van der Waals surface area contributed by atoms with E-state index < -0.39 is 0 Å². The molecule has 0 spiro atoms. The van der Waals surface area contributed by atoms with Crippen LogP contribution in [0.4, 0.5) is 0 Å². The lowest BCUT2D eigenvalue weighted by Crippen LogP contribution is -2.30. The number of hydrogen-bond donors (Lipinski definition) is 0. The number of aryl methyl sites for hydroxylation is 2. The van der Waals surface area contributed by atoms with Crippen molar-refractivity contribution >= 4 is 5.91 Å². The summed E-state index contributed by atoms with van der Waals surface area (Å²) in [6.07, 6.45) is 3.16. The quantitative estimate of drug-likeness (QED) is 0.731. The molecule has 0 aliphatic rings. The van der Waals surface area contributed by atoms with Gasteiger partial charge >= 0.3 is 0 Å². The van der Waals surface area contributed by atoms with Crippen LogP contribution in [0.2, 0.25) is 0 Å². The summed E-state index contributed by atoms with van der Waals surface area (Å²) in [4.78, 5) is 27.1. The van der Waals surface area contributed by atoms with Crippen molar-refractivity contribution in [1.82, 2.24) is 29.6 Å². The number of carbonyl (C=O) groups excluding carboxylic acids is 1. The zero-order valence-electron chi connectivity index (χ0n) is 14.7. The number of hydrogen-bond acceptors (Lipinski definition) is 5. The lowest BCUT2D eigenvalue weighted by molar-refractivity contribution is 0.0739. The van der Waals surface area contributed by atoms with Gasteiger partial charge in [-0.2, -0.15) is 5.10 Å². The Morgan fingerprint density at radius 3 is 2.72 bits per heavy atom. The first-order valence-electron chi connectivity index (χ1n) is 7.98. The van der Waals surface area contributed by atoms with Gasteiger partial charge in [-0.15, -0.1) is 0 Å². The Bertz CT molecular complexity index is 870. The molecule has 25 heavy (non-hydrogen) atoms. The third-order valence-electron chi connectivity index (χ3n) is 4.28. The number of nitrogens with zero attached hydrogens (tertiary/aromatic N) is 6. The molecule has 2 heterocycles. The summed E-state index contributed by atoms with van der Waals surface area (Å²) >= 11 is 0. The first-order chi connectivity index (χ1) is 12.0. The summed E-state index contributed by atoms with van der Waals surface area (Å²) in [5.74, 6) is 1.35. The van der Waals surface area contributed by atoms with E-state index in [0.717, 1.165) is 17.1 Å². The predicted octanol–water partition coefficient (Wildman–Crippen LogP) is 2.41. The molecule has 1 atom stereocenters. The Labute approximate surface area is 146 Å². The number of amides is 1. The van der Waals surface area contributed by atoms with E-state index in [1.54, 1.807) is 28.9 Å². The summed E-state index contributed by atoms with van der Waals surface area (Å²) < 4.78 is 1.72. The highest BCUT2D eigenvalue weighted by Gasteiger charge is 2.20. The van der Waals surface area contributed by atoms with Crippen molar-refractivity contribution in [3.8, 4) is 11.4 Å². The molecule has 0 aliphatic heterocycles. The van der Waals surface area contributed by atoms with Crippen LogP contribution in [-0.2, 0) is 7.05 Å². The third kappa shape index (κ3) is 3.40. The van der Waals surface area contributed by atoms with Crippen molar-refractivity contribution < 1.29 is 4.79 Å². The first-order valence-corrected chi connectivity index (χ1v) is 7.98. The number of aromatic nitrogens is 5. The van der Waals surface area contributed by atoms with Gasteiger partial charge < -0.3 is 4.90 Å². The Morgan fingerprint density at radius 1 is 1.28 bits per heavy atom. The second-order valence-corrected chi connectivity index (χ2v) is 5.91. The van der Waals surface area contributed by atoms with Crippen LogP contribution in [0.3, 0.4) is 0 Å². The standard InChI is InChI=1S/C18H20N6O/c1-12(16-8-9-19-11-20-16)23(3)18(25)15-7-5-6-14(10-15)17-21-13(2)24(4)22-17/h5-12H,1-4H3/t12-/m1/s1. The van der Waals surface area contributed by atoms with E-state index in [4.69, 9.17) is 0 Å². The van der Waals surface area contributed by atoms with Gasteiger partial charge in [0, 0.05) is 31.4 Å². The normalized spacial score (nSPS) is 12.0. The molecule has 0 N–H and O–H groups in total. The zero-order chi connectivity index (χ0) is 18.0. The van der Waals surface area contributed by atoms with Gasteiger partial charge in [-0.05, 0) is 32.0 Å². The highest BCUT2D eigenvalue weighted by Crippen LogP contribution is 2.21. The lowest BCUT2D eigenvalue weighted by atomic mass is 10.1. The van der Waals surface area contributed by atoms with Crippen molar-refractivity contribution in [2.75, 3.05) is 7.05 Å². The van der Waals surface area contributed by atoms with Gasteiger partial charge in [-0.25, -0.2) is 15.0 Å². The molecule has 0 radical (unpaired) electrons. The van der Waals surface area contributed by atoms with E-state index in [2.05, 4.69) is 20.1 Å². The van der Waals surface area contributed by atoms with E-state index >= 15 is 0 Å². The third-order valence-corrected chi connectivity index (χ3v) is 4.28. The fourth-order valence-corrected chi connectivity index (χ4v) is 2.50. The molecule has 7 heteroatoms. The zero-order valence-corrected chi connectivity index (χ0v) is 14.7. The van der Waals surface area contributed by atoms with Crippen molar-refractivity contribution in [1.29, 1.82) is 0 Å². The minimum absolute atomic E-state index is 0.0828. The Kier molecular flexibility index (Phi) is 4.56. The van der Waals surface area contributed by atoms with E-state index in [9.17, 15) is 4.79 Å². The molecule has 0 saturated heterocycles. The van der Waals surface area contributed by atoms with Crippen molar-refractivity contribution in [2.24, 2.45) is 7.05 Å². The van der Waals surface area contributed by atoms with E-state index in [0.29, 0.717) is 11.4 Å². The van der Waals surface area contributed by atoms with Gasteiger partial charge in [0.15, 0.2) is 5.82 Å². The maximum absolute atomic E-state index is 12.9. The molecule has 0 saturated carbocycles. The fourth-order valence-electron chi connectivity index (χ4n) is 2.50. The van der Waals surface area contributed by atoms with Crippen LogP contribution in [0.25, 0.3) is 11.4 Å². The second-order valence-electron chi connectivity index (χ2n) is 5.91. The fraction of sp³-hybridized carbons (Fsp3) is 0.278. The SMILES string of the molecule is Cc1nc(-c2cccc(C(=O)N(C)[C@H](C)c3ccncn3)c2)nn1C. The highest BCUT2D eigenvalue weighted by atomic mass is 16.2. The summed E-state index contributed by atoms with van der Waals surface area (Å²) in [6.45, 7) is 3.83. The van der Waals surface area contributed by atoms with E-state index in [1.807, 2.05) is 45.2 Å².